The largest absolute Gasteiger partial charge is 0.501 e. The lowest BCUT2D eigenvalue weighted by molar-refractivity contribution is -0.140. The Morgan fingerprint density at radius 3 is 2.58 bits per heavy atom. The van der Waals surface area contributed by atoms with Crippen molar-refractivity contribution >= 4 is 28.9 Å². The van der Waals surface area contributed by atoms with E-state index in [2.05, 4.69) is 15.3 Å². The van der Waals surface area contributed by atoms with Gasteiger partial charge in [-0.25, -0.2) is 14.2 Å². The van der Waals surface area contributed by atoms with Gasteiger partial charge >= 0.3 is 12.1 Å². The van der Waals surface area contributed by atoms with E-state index < -0.39 is 52.9 Å². The third-order valence-corrected chi connectivity index (χ3v) is 4.87. The number of nitrogens with zero attached hydrogens (tertiary/aromatic N) is 1. The van der Waals surface area contributed by atoms with Crippen LogP contribution in [0.1, 0.15) is 21.6 Å². The molecule has 162 valence electrons. The quantitative estimate of drug-likeness (QED) is 0.435. The van der Waals surface area contributed by atoms with E-state index in [4.69, 9.17) is 5.11 Å². The van der Waals surface area contributed by atoms with Gasteiger partial charge in [-0.2, -0.15) is 13.2 Å². The minimum absolute atomic E-state index is 0.0904. The average molecular weight is 457 g/mol. The number of aromatic carboxylic acids is 1. The van der Waals surface area contributed by atoms with Crippen LogP contribution in [0, 0.1) is 5.82 Å². The highest BCUT2D eigenvalue weighted by Gasteiger charge is 2.34. The van der Waals surface area contributed by atoms with Crippen LogP contribution in [0.25, 0.3) is 10.7 Å². The van der Waals surface area contributed by atoms with Crippen molar-refractivity contribution in [3.05, 3.63) is 62.6 Å². The average Bonchev–Trinajstić information content (AvgIpc) is 3.12. The van der Waals surface area contributed by atoms with Gasteiger partial charge in [-0.1, -0.05) is 6.07 Å². The molecule has 0 saturated heterocycles. The number of rotatable bonds is 5. The molecule has 31 heavy (non-hydrogen) atoms. The fraction of sp³-hybridized carbons (Fsp3) is 0.111. The number of hydrogen-bond donors (Lipinski definition) is 4. The first kappa shape index (κ1) is 22.0. The second-order valence-electron chi connectivity index (χ2n) is 6.12. The summed E-state index contributed by atoms with van der Waals surface area (Å²) in [5, 5.41) is 22.5. The first-order valence-corrected chi connectivity index (χ1v) is 9.15. The maximum absolute atomic E-state index is 13.4. The van der Waals surface area contributed by atoms with Gasteiger partial charge in [-0.3, -0.25) is 9.59 Å². The van der Waals surface area contributed by atoms with E-state index >= 15 is 0 Å². The Labute approximate surface area is 173 Å². The molecule has 0 atom stereocenters. The van der Waals surface area contributed by atoms with Crippen molar-refractivity contribution in [1.29, 1.82) is 0 Å². The van der Waals surface area contributed by atoms with Crippen molar-refractivity contribution in [2.24, 2.45) is 0 Å². The first-order chi connectivity index (χ1) is 14.5. The number of aromatic nitrogens is 2. The molecule has 0 saturated carbocycles. The number of nitrogens with one attached hydrogen (secondary N) is 2. The molecule has 0 spiro atoms. The van der Waals surface area contributed by atoms with Gasteiger partial charge < -0.3 is 20.5 Å². The number of carbonyl (C=O) groups excluding carboxylic acids is 1. The van der Waals surface area contributed by atoms with Crippen LogP contribution in [-0.2, 0) is 17.4 Å². The smallest absolute Gasteiger partial charge is 0.419 e. The number of benzene rings is 1. The molecule has 0 aliphatic heterocycles. The first-order valence-electron chi connectivity index (χ1n) is 8.27. The molecule has 3 rings (SSSR count). The molecule has 0 radical (unpaired) electrons. The molecule has 1 aromatic carbocycles. The number of thiophene rings is 1. The van der Waals surface area contributed by atoms with E-state index in [9.17, 15) is 37.1 Å². The van der Waals surface area contributed by atoms with E-state index in [0.717, 1.165) is 17.4 Å². The Morgan fingerprint density at radius 1 is 1.23 bits per heavy atom. The lowest BCUT2D eigenvalue weighted by Crippen LogP contribution is -2.17. The highest BCUT2D eigenvalue weighted by atomic mass is 32.1. The Balaban J connectivity index is 1.86. The van der Waals surface area contributed by atoms with Crippen molar-refractivity contribution in [2.45, 2.75) is 12.6 Å². The minimum atomic E-state index is -4.92. The normalized spacial score (nSPS) is 11.4. The number of anilines is 1. The van der Waals surface area contributed by atoms with Gasteiger partial charge in [-0.15, -0.1) is 11.3 Å². The summed E-state index contributed by atoms with van der Waals surface area (Å²) in [6.07, 6.45) is -5.44. The zero-order chi connectivity index (χ0) is 22.9. The van der Waals surface area contributed by atoms with Crippen LogP contribution in [0.4, 0.5) is 23.2 Å². The molecule has 2 aromatic heterocycles. The number of aromatic hydroxyl groups is 1. The fourth-order valence-electron chi connectivity index (χ4n) is 2.59. The summed E-state index contributed by atoms with van der Waals surface area (Å²) in [6, 6.07) is 3.58. The second kappa shape index (κ2) is 8.18. The Bertz CT molecular complexity index is 1240. The van der Waals surface area contributed by atoms with Crippen molar-refractivity contribution in [3.63, 3.8) is 0 Å². The van der Waals surface area contributed by atoms with E-state index in [1.807, 2.05) is 0 Å². The lowest BCUT2D eigenvalue weighted by atomic mass is 10.1. The molecule has 0 bridgehead atoms. The SMILES string of the molecule is O=C(Cc1ccc(F)c(C(F)(F)F)c1)Nc1ccsc1-c1nc(C(=O)O)c(O)c(=O)[nH]1. The molecule has 0 aliphatic carbocycles. The van der Waals surface area contributed by atoms with Crippen molar-refractivity contribution in [2.75, 3.05) is 5.32 Å². The number of hydrogen-bond acceptors (Lipinski definition) is 6. The van der Waals surface area contributed by atoms with Crippen LogP contribution in [0.5, 0.6) is 5.75 Å². The van der Waals surface area contributed by atoms with E-state index in [0.29, 0.717) is 12.1 Å². The molecule has 0 unspecified atom stereocenters. The standard InChI is InChI=1S/C18H11F4N3O5S/c19-9-2-1-7(5-8(9)18(20,21)22)6-11(26)23-10-3-4-31-14(10)15-24-12(17(29)30)13(27)16(28)25-15/h1-5,27H,6H2,(H,23,26)(H,29,30)(H,24,25,28). The van der Waals surface area contributed by atoms with Gasteiger partial charge in [0.2, 0.25) is 11.7 Å². The van der Waals surface area contributed by atoms with Crippen LogP contribution < -0.4 is 10.9 Å². The number of carboxylic acid groups (broad SMARTS) is 1. The van der Waals surface area contributed by atoms with Crippen molar-refractivity contribution in [3.8, 4) is 16.5 Å². The zero-order valence-electron chi connectivity index (χ0n) is 15.1. The number of carbonyl (C=O) groups is 2. The number of amides is 1. The fourth-order valence-corrected chi connectivity index (χ4v) is 3.39. The van der Waals surface area contributed by atoms with E-state index in [1.165, 1.54) is 11.4 Å². The highest BCUT2D eigenvalue weighted by Crippen LogP contribution is 2.33. The number of alkyl halides is 3. The maximum Gasteiger partial charge on any atom is 0.419 e. The molecule has 1 amide bonds. The monoisotopic (exact) mass is 457 g/mol. The molecular formula is C18H11F4N3O5S. The molecule has 3 aromatic rings. The number of H-pyrrole nitrogens is 1. The Morgan fingerprint density at radius 2 is 1.94 bits per heavy atom. The van der Waals surface area contributed by atoms with Crippen LogP contribution in [-0.4, -0.2) is 32.1 Å². The second-order valence-corrected chi connectivity index (χ2v) is 7.03. The summed E-state index contributed by atoms with van der Waals surface area (Å²) in [5.74, 6) is -5.20. The van der Waals surface area contributed by atoms with Gasteiger partial charge in [0.15, 0.2) is 11.5 Å². The molecule has 8 nitrogen and oxygen atoms in total. The van der Waals surface area contributed by atoms with Gasteiger partial charge in [0.25, 0.3) is 5.56 Å². The Hall–Kier alpha value is -3.74. The zero-order valence-corrected chi connectivity index (χ0v) is 15.9. The summed E-state index contributed by atoms with van der Waals surface area (Å²) >= 11 is 0.973. The molecule has 4 N–H and O–H groups in total. The summed E-state index contributed by atoms with van der Waals surface area (Å²) in [7, 11) is 0. The number of carboxylic acids is 1. The van der Waals surface area contributed by atoms with E-state index in [1.54, 1.807) is 0 Å². The van der Waals surface area contributed by atoms with Crippen LogP contribution in [0.3, 0.4) is 0 Å². The minimum Gasteiger partial charge on any atom is -0.501 e. The topological polar surface area (TPSA) is 132 Å². The predicted molar refractivity (Wildman–Crippen MR) is 101 cm³/mol. The molecule has 13 heteroatoms. The van der Waals surface area contributed by atoms with Gasteiger partial charge in [0.05, 0.1) is 22.5 Å². The van der Waals surface area contributed by atoms with Gasteiger partial charge in [-0.05, 0) is 29.1 Å². The van der Waals surface area contributed by atoms with Crippen molar-refractivity contribution in [1.82, 2.24) is 9.97 Å². The summed E-state index contributed by atoms with van der Waals surface area (Å²) in [6.45, 7) is 0. The molecular weight excluding hydrogens is 446 g/mol. The van der Waals surface area contributed by atoms with Crippen LogP contribution in [0.15, 0.2) is 34.4 Å². The lowest BCUT2D eigenvalue weighted by Gasteiger charge is -2.11. The van der Waals surface area contributed by atoms with Crippen LogP contribution >= 0.6 is 11.3 Å². The Kier molecular flexibility index (Phi) is 5.79. The third kappa shape index (κ3) is 4.71. The number of aromatic amines is 1. The summed E-state index contributed by atoms with van der Waals surface area (Å²) in [4.78, 5) is 41.2. The summed E-state index contributed by atoms with van der Waals surface area (Å²) in [5.41, 5.74) is -3.50. The van der Waals surface area contributed by atoms with Gasteiger partial charge in [0, 0.05) is 0 Å². The highest BCUT2D eigenvalue weighted by molar-refractivity contribution is 7.14. The third-order valence-electron chi connectivity index (χ3n) is 3.95. The molecule has 0 aliphatic rings. The van der Waals surface area contributed by atoms with Gasteiger partial charge in [0.1, 0.15) is 5.82 Å². The molecule has 0 fully saturated rings. The number of halogens is 4. The van der Waals surface area contributed by atoms with E-state index in [-0.39, 0.29) is 22.0 Å². The molecule has 2 heterocycles. The predicted octanol–water partition coefficient (Wildman–Crippen LogP) is 3.24. The van der Waals surface area contributed by atoms with Crippen LogP contribution in [0.2, 0.25) is 0 Å². The van der Waals surface area contributed by atoms with Crippen molar-refractivity contribution < 1.29 is 37.4 Å². The maximum atomic E-state index is 13.4. The summed E-state index contributed by atoms with van der Waals surface area (Å²) < 4.78 is 51.9.